The smallest absolute Gasteiger partial charge is 0.0688 e. The zero-order valence-electron chi connectivity index (χ0n) is 7.00. The van der Waals surface area contributed by atoms with Crippen molar-refractivity contribution in [1.82, 2.24) is 10.0 Å². The van der Waals surface area contributed by atoms with Crippen molar-refractivity contribution >= 4 is 0 Å². The van der Waals surface area contributed by atoms with E-state index in [1.807, 2.05) is 0 Å². The van der Waals surface area contributed by atoms with Crippen LogP contribution in [0.3, 0.4) is 0 Å². The van der Waals surface area contributed by atoms with Crippen molar-refractivity contribution < 1.29 is 4.74 Å². The number of hydrogen-bond donors (Lipinski definition) is 0. The van der Waals surface area contributed by atoms with Gasteiger partial charge in [-0.25, -0.2) is 10.0 Å². The largest absolute Gasteiger partial charge is 0.376 e. The van der Waals surface area contributed by atoms with Gasteiger partial charge in [-0.2, -0.15) is 0 Å². The average molecular weight is 144 g/mol. The van der Waals surface area contributed by atoms with E-state index in [9.17, 15) is 0 Å². The highest BCUT2D eigenvalue weighted by Gasteiger charge is 2.17. The molecule has 3 heteroatoms. The van der Waals surface area contributed by atoms with Crippen LogP contribution in [0.2, 0.25) is 0 Å². The van der Waals surface area contributed by atoms with Gasteiger partial charge in [0.05, 0.1) is 12.7 Å². The number of morpholine rings is 1. The molecule has 1 rings (SSSR count). The fraction of sp³-hybridized carbons (Fsp3) is 1.00. The number of hydrogen-bond acceptors (Lipinski definition) is 3. The first-order valence-corrected chi connectivity index (χ1v) is 3.74. The topological polar surface area (TPSA) is 15.7 Å². The molecule has 0 amide bonds. The molecule has 1 unspecified atom stereocenters. The van der Waals surface area contributed by atoms with Gasteiger partial charge in [-0.1, -0.05) is 0 Å². The highest BCUT2D eigenvalue weighted by Crippen LogP contribution is 2.04. The van der Waals surface area contributed by atoms with Crippen LogP contribution >= 0.6 is 0 Å². The summed E-state index contributed by atoms with van der Waals surface area (Å²) in [6.45, 7) is 5.01. The molecule has 3 nitrogen and oxygen atoms in total. The lowest BCUT2D eigenvalue weighted by atomic mass is 10.3. The molecule has 0 N–H and O–H groups in total. The first-order valence-electron chi connectivity index (χ1n) is 3.74. The third kappa shape index (κ3) is 1.94. The van der Waals surface area contributed by atoms with Crippen molar-refractivity contribution in [2.75, 3.05) is 33.8 Å². The van der Waals surface area contributed by atoms with Crippen LogP contribution in [0.5, 0.6) is 0 Å². The highest BCUT2D eigenvalue weighted by molar-refractivity contribution is 4.63. The van der Waals surface area contributed by atoms with Crippen LogP contribution in [0.25, 0.3) is 0 Å². The first kappa shape index (κ1) is 7.98. The van der Waals surface area contributed by atoms with Gasteiger partial charge in [-0.05, 0) is 6.92 Å². The van der Waals surface area contributed by atoms with Gasteiger partial charge >= 0.3 is 0 Å². The molecule has 0 aromatic heterocycles. The van der Waals surface area contributed by atoms with Crippen LogP contribution in [-0.2, 0) is 4.74 Å². The van der Waals surface area contributed by atoms with Gasteiger partial charge in [-0.3, -0.25) is 0 Å². The Morgan fingerprint density at radius 2 is 2.20 bits per heavy atom. The van der Waals surface area contributed by atoms with Crippen molar-refractivity contribution in [3.8, 4) is 0 Å². The van der Waals surface area contributed by atoms with Crippen molar-refractivity contribution in [3.05, 3.63) is 0 Å². The summed E-state index contributed by atoms with van der Waals surface area (Å²) in [5, 5.41) is 4.41. The lowest BCUT2D eigenvalue weighted by molar-refractivity contribution is -0.0950. The Hall–Kier alpha value is -0.120. The summed E-state index contributed by atoms with van der Waals surface area (Å²) in [4.78, 5) is 0. The fourth-order valence-corrected chi connectivity index (χ4v) is 1.16. The van der Waals surface area contributed by atoms with Crippen molar-refractivity contribution in [2.45, 2.75) is 13.0 Å². The predicted molar refractivity (Wildman–Crippen MR) is 40.7 cm³/mol. The molecule has 0 aromatic rings. The van der Waals surface area contributed by atoms with Crippen molar-refractivity contribution in [3.63, 3.8) is 0 Å². The molecule has 10 heavy (non-hydrogen) atoms. The number of nitrogens with zero attached hydrogens (tertiary/aromatic N) is 2. The molecule has 60 valence electrons. The molecule has 0 saturated carbocycles. The first-order chi connectivity index (χ1) is 4.70. The van der Waals surface area contributed by atoms with Crippen LogP contribution in [0.15, 0.2) is 0 Å². The quantitative estimate of drug-likeness (QED) is 0.522. The van der Waals surface area contributed by atoms with Gasteiger partial charge in [0.1, 0.15) is 0 Å². The highest BCUT2D eigenvalue weighted by atomic mass is 16.5. The van der Waals surface area contributed by atoms with E-state index in [1.165, 1.54) is 0 Å². The summed E-state index contributed by atoms with van der Waals surface area (Å²) < 4.78 is 5.39. The van der Waals surface area contributed by atoms with Crippen molar-refractivity contribution in [2.24, 2.45) is 0 Å². The fourth-order valence-electron chi connectivity index (χ4n) is 1.16. The lowest BCUT2D eigenvalue weighted by Crippen LogP contribution is -2.47. The zero-order valence-corrected chi connectivity index (χ0v) is 7.00. The number of rotatable bonds is 1. The maximum absolute atomic E-state index is 5.39. The average Bonchev–Trinajstić information content (AvgIpc) is 1.88. The zero-order chi connectivity index (χ0) is 7.56. The Kier molecular flexibility index (Phi) is 2.65. The maximum atomic E-state index is 5.39. The summed E-state index contributed by atoms with van der Waals surface area (Å²) in [6, 6.07) is 0. The summed E-state index contributed by atoms with van der Waals surface area (Å²) in [6.07, 6.45) is 0.385. The van der Waals surface area contributed by atoms with E-state index >= 15 is 0 Å². The maximum Gasteiger partial charge on any atom is 0.0688 e. The molecule has 1 heterocycles. The summed E-state index contributed by atoms with van der Waals surface area (Å²) in [7, 11) is 4.14. The molecule has 0 bridgehead atoms. The second kappa shape index (κ2) is 3.32. The third-order valence-corrected chi connectivity index (χ3v) is 1.79. The Labute approximate surface area is 62.5 Å². The van der Waals surface area contributed by atoms with E-state index in [1.54, 1.807) is 0 Å². The second-order valence-corrected chi connectivity index (χ2v) is 2.94. The molecule has 0 aliphatic carbocycles. The van der Waals surface area contributed by atoms with Crippen LogP contribution < -0.4 is 0 Å². The van der Waals surface area contributed by atoms with Crippen LogP contribution in [0.1, 0.15) is 6.92 Å². The van der Waals surface area contributed by atoms with Gasteiger partial charge in [0.25, 0.3) is 0 Å². The monoisotopic (exact) mass is 144 g/mol. The molecule has 1 saturated heterocycles. The molecular weight excluding hydrogens is 128 g/mol. The minimum atomic E-state index is 0.385. The minimum Gasteiger partial charge on any atom is -0.376 e. The summed E-state index contributed by atoms with van der Waals surface area (Å²) >= 11 is 0. The molecule has 0 radical (unpaired) electrons. The van der Waals surface area contributed by atoms with Gasteiger partial charge < -0.3 is 4.74 Å². The van der Waals surface area contributed by atoms with E-state index in [0.29, 0.717) is 6.10 Å². The van der Waals surface area contributed by atoms with E-state index < -0.39 is 0 Å². The standard InChI is InChI=1S/C7H16N2O/c1-7-6-9(8(2)3)4-5-10-7/h7H,4-6H2,1-3H3. The minimum absolute atomic E-state index is 0.385. The molecule has 1 aliphatic heterocycles. The third-order valence-electron chi connectivity index (χ3n) is 1.79. The summed E-state index contributed by atoms with van der Waals surface area (Å²) in [5.41, 5.74) is 0. The Bertz CT molecular complexity index is 106. The molecule has 0 spiro atoms. The van der Waals surface area contributed by atoms with Crippen LogP contribution in [-0.4, -0.2) is 49.9 Å². The van der Waals surface area contributed by atoms with E-state index in [0.717, 1.165) is 19.7 Å². The molecule has 1 atom stereocenters. The summed E-state index contributed by atoms with van der Waals surface area (Å²) in [5.74, 6) is 0. The molecule has 1 fully saturated rings. The normalized spacial score (nSPS) is 29.4. The van der Waals surface area contributed by atoms with Gasteiger partial charge in [0.2, 0.25) is 0 Å². The number of hydrazine groups is 1. The van der Waals surface area contributed by atoms with Crippen molar-refractivity contribution in [1.29, 1.82) is 0 Å². The predicted octanol–water partition coefficient (Wildman–Crippen LogP) is 0.184. The van der Waals surface area contributed by atoms with Gasteiger partial charge in [-0.15, -0.1) is 0 Å². The van der Waals surface area contributed by atoms with Gasteiger partial charge in [0.15, 0.2) is 0 Å². The van der Waals surface area contributed by atoms with E-state index in [4.69, 9.17) is 4.74 Å². The Balaban J connectivity index is 2.32. The molecule has 1 aliphatic rings. The lowest BCUT2D eigenvalue weighted by Gasteiger charge is -2.35. The molecular formula is C7H16N2O. The molecule has 0 aromatic carbocycles. The second-order valence-electron chi connectivity index (χ2n) is 2.94. The Morgan fingerprint density at radius 3 is 2.60 bits per heavy atom. The number of ether oxygens (including phenoxy) is 1. The Morgan fingerprint density at radius 1 is 1.50 bits per heavy atom. The van der Waals surface area contributed by atoms with E-state index in [2.05, 4.69) is 31.0 Å². The SMILES string of the molecule is CC1CN(N(C)C)CCO1. The van der Waals surface area contributed by atoms with E-state index in [-0.39, 0.29) is 0 Å². The van der Waals surface area contributed by atoms with Crippen LogP contribution in [0.4, 0.5) is 0 Å². The van der Waals surface area contributed by atoms with Crippen LogP contribution in [0, 0.1) is 0 Å². The van der Waals surface area contributed by atoms with Gasteiger partial charge in [0, 0.05) is 27.2 Å².